The van der Waals surface area contributed by atoms with Gasteiger partial charge in [-0.15, -0.1) is 11.3 Å². The SMILES string of the molecule is Cc1ccccc1CCNC(=O)CN1CCC[C@H]1c1cccs1. The Kier molecular flexibility index (Phi) is 5.47. The second-order valence-electron chi connectivity index (χ2n) is 6.17. The summed E-state index contributed by atoms with van der Waals surface area (Å²) in [5.41, 5.74) is 2.60. The van der Waals surface area contributed by atoms with Gasteiger partial charge in [0.25, 0.3) is 0 Å². The van der Waals surface area contributed by atoms with Gasteiger partial charge >= 0.3 is 0 Å². The molecule has 0 saturated carbocycles. The van der Waals surface area contributed by atoms with Crippen LogP contribution in [0.1, 0.15) is 34.9 Å². The highest BCUT2D eigenvalue weighted by atomic mass is 32.1. The van der Waals surface area contributed by atoms with Gasteiger partial charge in [0.2, 0.25) is 5.91 Å². The van der Waals surface area contributed by atoms with Crippen molar-refractivity contribution in [3.8, 4) is 0 Å². The van der Waals surface area contributed by atoms with Gasteiger partial charge in [-0.3, -0.25) is 9.69 Å². The number of hydrogen-bond acceptors (Lipinski definition) is 3. The first kappa shape index (κ1) is 16.2. The van der Waals surface area contributed by atoms with Gasteiger partial charge in [0.05, 0.1) is 6.54 Å². The van der Waals surface area contributed by atoms with E-state index in [1.54, 1.807) is 11.3 Å². The molecular formula is C19H24N2OS. The lowest BCUT2D eigenvalue weighted by atomic mass is 10.1. The Morgan fingerprint density at radius 2 is 2.17 bits per heavy atom. The van der Waals surface area contributed by atoms with E-state index in [1.807, 2.05) is 0 Å². The van der Waals surface area contributed by atoms with Gasteiger partial charge in [0, 0.05) is 17.5 Å². The number of aryl methyl sites for hydroxylation is 1. The molecule has 1 aromatic carbocycles. The van der Waals surface area contributed by atoms with Crippen LogP contribution in [0.2, 0.25) is 0 Å². The average Bonchev–Trinajstić information content (AvgIpc) is 3.20. The Morgan fingerprint density at radius 1 is 1.30 bits per heavy atom. The minimum absolute atomic E-state index is 0.141. The summed E-state index contributed by atoms with van der Waals surface area (Å²) in [6.07, 6.45) is 3.24. The normalized spacial score (nSPS) is 18.2. The summed E-state index contributed by atoms with van der Waals surface area (Å²) in [6, 6.07) is 13.1. The molecule has 2 heterocycles. The third-order valence-electron chi connectivity index (χ3n) is 4.56. The third-order valence-corrected chi connectivity index (χ3v) is 5.53. The fraction of sp³-hybridized carbons (Fsp3) is 0.421. The Labute approximate surface area is 142 Å². The second kappa shape index (κ2) is 7.75. The number of nitrogens with zero attached hydrogens (tertiary/aromatic N) is 1. The van der Waals surface area contributed by atoms with Crippen molar-refractivity contribution >= 4 is 17.2 Å². The van der Waals surface area contributed by atoms with E-state index in [0.29, 0.717) is 19.1 Å². The maximum Gasteiger partial charge on any atom is 0.234 e. The van der Waals surface area contributed by atoms with Gasteiger partial charge in [-0.2, -0.15) is 0 Å². The fourth-order valence-corrected chi connectivity index (χ4v) is 4.18. The van der Waals surface area contributed by atoms with Crippen molar-refractivity contribution in [3.05, 3.63) is 57.8 Å². The summed E-state index contributed by atoms with van der Waals surface area (Å²) in [5, 5.41) is 5.19. The molecule has 1 amide bonds. The quantitative estimate of drug-likeness (QED) is 0.879. The molecule has 1 N–H and O–H groups in total. The van der Waals surface area contributed by atoms with Crippen molar-refractivity contribution in [1.82, 2.24) is 10.2 Å². The van der Waals surface area contributed by atoms with Gasteiger partial charge < -0.3 is 5.32 Å². The monoisotopic (exact) mass is 328 g/mol. The summed E-state index contributed by atoms with van der Waals surface area (Å²) in [7, 11) is 0. The molecule has 23 heavy (non-hydrogen) atoms. The molecule has 1 aliphatic rings. The number of carbonyl (C=O) groups excluding carboxylic acids is 1. The van der Waals surface area contributed by atoms with Crippen LogP contribution in [0.4, 0.5) is 0 Å². The number of hydrogen-bond donors (Lipinski definition) is 1. The smallest absolute Gasteiger partial charge is 0.234 e. The Morgan fingerprint density at radius 3 is 2.96 bits per heavy atom. The minimum atomic E-state index is 0.141. The Balaban J connectivity index is 1.47. The van der Waals surface area contributed by atoms with Crippen LogP contribution in [-0.4, -0.2) is 30.4 Å². The fourth-order valence-electron chi connectivity index (χ4n) is 3.29. The zero-order valence-electron chi connectivity index (χ0n) is 13.6. The second-order valence-corrected chi connectivity index (χ2v) is 7.15. The lowest BCUT2D eigenvalue weighted by molar-refractivity contribution is -0.122. The van der Waals surface area contributed by atoms with Crippen LogP contribution < -0.4 is 5.32 Å². The van der Waals surface area contributed by atoms with Crippen LogP contribution in [-0.2, 0) is 11.2 Å². The highest BCUT2D eigenvalue weighted by molar-refractivity contribution is 7.10. The zero-order valence-corrected chi connectivity index (χ0v) is 14.4. The molecule has 0 bridgehead atoms. The summed E-state index contributed by atoms with van der Waals surface area (Å²) in [4.78, 5) is 15.9. The van der Waals surface area contributed by atoms with Crippen molar-refractivity contribution in [2.24, 2.45) is 0 Å². The van der Waals surface area contributed by atoms with E-state index in [0.717, 1.165) is 19.4 Å². The molecule has 1 saturated heterocycles. The van der Waals surface area contributed by atoms with Crippen LogP contribution in [0, 0.1) is 6.92 Å². The molecule has 1 fully saturated rings. The van der Waals surface area contributed by atoms with Gasteiger partial charge in [-0.05, 0) is 55.3 Å². The highest BCUT2D eigenvalue weighted by Crippen LogP contribution is 2.33. The Hall–Kier alpha value is -1.65. The predicted octanol–water partition coefficient (Wildman–Crippen LogP) is 3.55. The number of rotatable bonds is 6. The van der Waals surface area contributed by atoms with E-state index >= 15 is 0 Å². The van der Waals surface area contributed by atoms with Gasteiger partial charge in [-0.1, -0.05) is 30.3 Å². The van der Waals surface area contributed by atoms with Crippen molar-refractivity contribution in [2.75, 3.05) is 19.6 Å². The number of amides is 1. The number of thiophene rings is 1. The lowest BCUT2D eigenvalue weighted by Crippen LogP contribution is -2.37. The number of carbonyl (C=O) groups is 1. The van der Waals surface area contributed by atoms with Gasteiger partial charge in [0.15, 0.2) is 0 Å². The summed E-state index contributed by atoms with van der Waals surface area (Å²) in [6.45, 7) is 4.36. The zero-order chi connectivity index (χ0) is 16.1. The van der Waals surface area contributed by atoms with Crippen LogP contribution >= 0.6 is 11.3 Å². The predicted molar refractivity (Wildman–Crippen MR) is 95.8 cm³/mol. The van der Waals surface area contributed by atoms with Gasteiger partial charge in [-0.25, -0.2) is 0 Å². The first-order chi connectivity index (χ1) is 11.2. The van der Waals surface area contributed by atoms with Crippen LogP contribution in [0.3, 0.4) is 0 Å². The molecule has 122 valence electrons. The lowest BCUT2D eigenvalue weighted by Gasteiger charge is -2.22. The summed E-state index contributed by atoms with van der Waals surface area (Å²) < 4.78 is 0. The maximum absolute atomic E-state index is 12.2. The molecule has 3 nitrogen and oxygen atoms in total. The van der Waals surface area contributed by atoms with E-state index in [1.165, 1.54) is 22.4 Å². The summed E-state index contributed by atoms with van der Waals surface area (Å²) in [5.74, 6) is 0.141. The molecular weight excluding hydrogens is 304 g/mol. The topological polar surface area (TPSA) is 32.3 Å². The van der Waals surface area contributed by atoms with Crippen molar-refractivity contribution < 1.29 is 4.79 Å². The molecule has 1 aliphatic heterocycles. The highest BCUT2D eigenvalue weighted by Gasteiger charge is 2.27. The number of likely N-dealkylation sites (tertiary alicyclic amines) is 1. The molecule has 0 spiro atoms. The standard InChI is InChI=1S/C19H24N2OS/c1-15-6-2-3-7-16(15)10-11-20-19(22)14-21-12-4-8-17(21)18-9-5-13-23-18/h2-3,5-7,9,13,17H,4,8,10-12,14H2,1H3,(H,20,22)/t17-/m0/s1. The molecule has 2 aromatic rings. The van der Waals surface area contributed by atoms with Gasteiger partial charge in [0.1, 0.15) is 0 Å². The average molecular weight is 328 g/mol. The largest absolute Gasteiger partial charge is 0.355 e. The first-order valence-electron chi connectivity index (χ1n) is 8.32. The van der Waals surface area contributed by atoms with E-state index in [4.69, 9.17) is 0 Å². The van der Waals surface area contributed by atoms with Crippen LogP contribution in [0.25, 0.3) is 0 Å². The van der Waals surface area contributed by atoms with Crippen molar-refractivity contribution in [2.45, 2.75) is 32.2 Å². The first-order valence-corrected chi connectivity index (χ1v) is 9.20. The summed E-state index contributed by atoms with van der Waals surface area (Å²) >= 11 is 1.79. The Bertz CT molecular complexity index is 639. The van der Waals surface area contributed by atoms with Crippen LogP contribution in [0.15, 0.2) is 41.8 Å². The molecule has 3 rings (SSSR count). The van der Waals surface area contributed by atoms with E-state index in [-0.39, 0.29) is 5.91 Å². The number of nitrogens with one attached hydrogen (secondary N) is 1. The molecule has 0 unspecified atom stereocenters. The maximum atomic E-state index is 12.2. The molecule has 4 heteroatoms. The van der Waals surface area contributed by atoms with E-state index in [9.17, 15) is 4.79 Å². The minimum Gasteiger partial charge on any atom is -0.355 e. The number of benzene rings is 1. The van der Waals surface area contributed by atoms with E-state index in [2.05, 4.69) is 58.9 Å². The molecule has 0 radical (unpaired) electrons. The third kappa shape index (κ3) is 4.21. The molecule has 1 atom stereocenters. The molecule has 0 aliphatic carbocycles. The van der Waals surface area contributed by atoms with Crippen molar-refractivity contribution in [3.63, 3.8) is 0 Å². The van der Waals surface area contributed by atoms with Crippen LogP contribution in [0.5, 0.6) is 0 Å². The molecule has 1 aromatic heterocycles. The van der Waals surface area contributed by atoms with E-state index < -0.39 is 0 Å². The van der Waals surface area contributed by atoms with Crippen molar-refractivity contribution in [1.29, 1.82) is 0 Å².